The minimum Gasteiger partial charge on any atom is -0.391 e. The molecule has 1 aromatic heterocycles. The highest BCUT2D eigenvalue weighted by molar-refractivity contribution is 5.59. The SMILES string of the molecule is CCCNc1ncnc(N(C)C2CCCCC2O)c1CC. The predicted molar refractivity (Wildman–Crippen MR) is 86.9 cm³/mol. The van der Waals surface area contributed by atoms with E-state index in [1.807, 2.05) is 7.05 Å². The Kier molecular flexibility index (Phi) is 5.79. The average Bonchev–Trinajstić information content (AvgIpc) is 2.52. The zero-order chi connectivity index (χ0) is 15.2. The van der Waals surface area contributed by atoms with Crippen LogP contribution in [0.2, 0.25) is 0 Å². The van der Waals surface area contributed by atoms with Crippen molar-refractivity contribution in [3.63, 3.8) is 0 Å². The molecule has 0 saturated heterocycles. The first kappa shape index (κ1) is 16.0. The molecule has 5 nitrogen and oxygen atoms in total. The lowest BCUT2D eigenvalue weighted by Gasteiger charge is -2.36. The first-order chi connectivity index (χ1) is 10.2. The molecular weight excluding hydrogens is 264 g/mol. The van der Waals surface area contributed by atoms with Crippen molar-refractivity contribution >= 4 is 11.6 Å². The number of aromatic nitrogens is 2. The summed E-state index contributed by atoms with van der Waals surface area (Å²) in [6, 6.07) is 0.165. The van der Waals surface area contributed by atoms with Gasteiger partial charge in [-0.3, -0.25) is 0 Å². The van der Waals surface area contributed by atoms with Crippen LogP contribution < -0.4 is 10.2 Å². The minimum atomic E-state index is -0.254. The number of hydrogen-bond donors (Lipinski definition) is 2. The van der Waals surface area contributed by atoms with Crippen LogP contribution in [0.3, 0.4) is 0 Å². The second-order valence-corrected chi connectivity index (χ2v) is 5.83. The first-order valence-corrected chi connectivity index (χ1v) is 8.17. The molecule has 1 aromatic rings. The van der Waals surface area contributed by atoms with E-state index < -0.39 is 0 Å². The second-order valence-electron chi connectivity index (χ2n) is 5.83. The fraction of sp³-hybridized carbons (Fsp3) is 0.750. The standard InChI is InChI=1S/C16H28N4O/c1-4-10-17-15-12(5-2)16(19-11-18-15)20(3)13-8-6-7-9-14(13)21/h11,13-14,21H,4-10H2,1-3H3,(H,17,18,19). The Morgan fingerprint density at radius 1 is 1.29 bits per heavy atom. The van der Waals surface area contributed by atoms with Crippen molar-refractivity contribution in [3.8, 4) is 0 Å². The van der Waals surface area contributed by atoms with Crippen LogP contribution >= 0.6 is 0 Å². The number of hydrogen-bond acceptors (Lipinski definition) is 5. The number of likely N-dealkylation sites (N-methyl/N-ethyl adjacent to an activating group) is 1. The largest absolute Gasteiger partial charge is 0.391 e. The molecule has 1 aliphatic carbocycles. The van der Waals surface area contributed by atoms with Gasteiger partial charge in [0, 0.05) is 19.2 Å². The van der Waals surface area contributed by atoms with E-state index >= 15 is 0 Å². The van der Waals surface area contributed by atoms with Crippen molar-refractivity contribution in [1.29, 1.82) is 0 Å². The molecule has 2 N–H and O–H groups in total. The van der Waals surface area contributed by atoms with Gasteiger partial charge in [-0.25, -0.2) is 9.97 Å². The van der Waals surface area contributed by atoms with E-state index in [4.69, 9.17) is 0 Å². The summed E-state index contributed by atoms with van der Waals surface area (Å²) < 4.78 is 0. The lowest BCUT2D eigenvalue weighted by Crippen LogP contribution is -2.44. The van der Waals surface area contributed by atoms with Crippen molar-refractivity contribution in [1.82, 2.24) is 9.97 Å². The van der Waals surface area contributed by atoms with Crippen LogP contribution in [0, 0.1) is 0 Å². The molecule has 0 aromatic carbocycles. The molecule has 2 unspecified atom stereocenters. The first-order valence-electron chi connectivity index (χ1n) is 8.17. The summed E-state index contributed by atoms with van der Waals surface area (Å²) in [7, 11) is 2.05. The van der Waals surface area contributed by atoms with Crippen LogP contribution in [0.1, 0.15) is 51.5 Å². The second kappa shape index (κ2) is 7.59. The van der Waals surface area contributed by atoms with E-state index in [-0.39, 0.29) is 12.1 Å². The summed E-state index contributed by atoms with van der Waals surface area (Å²) in [6.07, 6.45) is 7.55. The zero-order valence-electron chi connectivity index (χ0n) is 13.5. The summed E-state index contributed by atoms with van der Waals surface area (Å²) in [5, 5.41) is 13.7. The number of nitrogens with zero attached hydrogens (tertiary/aromatic N) is 3. The van der Waals surface area contributed by atoms with E-state index in [0.717, 1.165) is 55.8 Å². The Hall–Kier alpha value is -1.36. The van der Waals surface area contributed by atoms with Crippen LogP contribution in [-0.4, -0.2) is 40.8 Å². The fourth-order valence-electron chi connectivity index (χ4n) is 3.13. The summed E-state index contributed by atoms with van der Waals surface area (Å²) in [5.74, 6) is 1.89. The molecule has 1 fully saturated rings. The van der Waals surface area contributed by atoms with Crippen LogP contribution in [0.5, 0.6) is 0 Å². The Labute approximate surface area is 127 Å². The molecular formula is C16H28N4O. The maximum atomic E-state index is 10.3. The van der Waals surface area contributed by atoms with Gasteiger partial charge in [-0.2, -0.15) is 0 Å². The highest BCUT2D eigenvalue weighted by atomic mass is 16.3. The van der Waals surface area contributed by atoms with Gasteiger partial charge in [0.25, 0.3) is 0 Å². The van der Waals surface area contributed by atoms with Crippen LogP contribution in [0.15, 0.2) is 6.33 Å². The number of aliphatic hydroxyl groups is 1. The Balaban J connectivity index is 2.24. The van der Waals surface area contributed by atoms with Crippen LogP contribution in [0.25, 0.3) is 0 Å². The van der Waals surface area contributed by atoms with Gasteiger partial charge in [-0.05, 0) is 25.7 Å². The van der Waals surface area contributed by atoms with Crippen LogP contribution in [-0.2, 0) is 6.42 Å². The number of aliphatic hydroxyl groups excluding tert-OH is 1. The van der Waals surface area contributed by atoms with Gasteiger partial charge in [-0.1, -0.05) is 26.7 Å². The number of nitrogens with one attached hydrogen (secondary N) is 1. The van der Waals surface area contributed by atoms with E-state index in [1.54, 1.807) is 6.33 Å². The topological polar surface area (TPSA) is 61.3 Å². The monoisotopic (exact) mass is 292 g/mol. The van der Waals surface area contributed by atoms with Gasteiger partial charge < -0.3 is 15.3 Å². The third-order valence-electron chi connectivity index (χ3n) is 4.34. The Bertz CT molecular complexity index is 452. The molecule has 2 atom stereocenters. The molecule has 0 bridgehead atoms. The van der Waals surface area contributed by atoms with Gasteiger partial charge in [0.1, 0.15) is 18.0 Å². The van der Waals surface area contributed by atoms with Crippen molar-refractivity contribution in [2.75, 3.05) is 23.8 Å². The average molecular weight is 292 g/mol. The van der Waals surface area contributed by atoms with Gasteiger partial charge >= 0.3 is 0 Å². The van der Waals surface area contributed by atoms with Crippen molar-refractivity contribution in [2.24, 2.45) is 0 Å². The molecule has 118 valence electrons. The third-order valence-corrected chi connectivity index (χ3v) is 4.34. The van der Waals surface area contributed by atoms with Gasteiger partial charge in [-0.15, -0.1) is 0 Å². The normalized spacial score (nSPS) is 22.1. The van der Waals surface area contributed by atoms with Gasteiger partial charge in [0.2, 0.25) is 0 Å². The number of rotatable bonds is 6. The molecule has 0 amide bonds. The third kappa shape index (κ3) is 3.64. The molecule has 1 saturated carbocycles. The highest BCUT2D eigenvalue weighted by Gasteiger charge is 2.28. The van der Waals surface area contributed by atoms with Crippen molar-refractivity contribution < 1.29 is 5.11 Å². The summed E-state index contributed by atoms with van der Waals surface area (Å²) in [5.41, 5.74) is 1.14. The van der Waals surface area contributed by atoms with Gasteiger partial charge in [0.05, 0.1) is 12.1 Å². The molecule has 5 heteroatoms. The summed E-state index contributed by atoms with van der Waals surface area (Å²) in [6.45, 7) is 5.19. The minimum absolute atomic E-state index is 0.165. The Morgan fingerprint density at radius 2 is 2.05 bits per heavy atom. The predicted octanol–water partition coefficient (Wildman–Crippen LogP) is 2.60. The van der Waals surface area contributed by atoms with E-state index in [2.05, 4.69) is 34.0 Å². The smallest absolute Gasteiger partial charge is 0.137 e. The summed E-state index contributed by atoms with van der Waals surface area (Å²) >= 11 is 0. The maximum absolute atomic E-state index is 10.3. The highest BCUT2D eigenvalue weighted by Crippen LogP contribution is 2.29. The Morgan fingerprint density at radius 3 is 2.71 bits per heavy atom. The zero-order valence-corrected chi connectivity index (χ0v) is 13.5. The van der Waals surface area contributed by atoms with E-state index in [1.165, 1.54) is 6.42 Å². The fourth-order valence-corrected chi connectivity index (χ4v) is 3.13. The van der Waals surface area contributed by atoms with E-state index in [0.29, 0.717) is 0 Å². The lowest BCUT2D eigenvalue weighted by atomic mass is 9.91. The maximum Gasteiger partial charge on any atom is 0.137 e. The molecule has 0 radical (unpaired) electrons. The molecule has 2 rings (SSSR count). The molecule has 1 aliphatic rings. The van der Waals surface area contributed by atoms with Crippen LogP contribution in [0.4, 0.5) is 11.6 Å². The van der Waals surface area contributed by atoms with Crippen molar-refractivity contribution in [2.45, 2.75) is 64.5 Å². The molecule has 1 heterocycles. The quantitative estimate of drug-likeness (QED) is 0.844. The van der Waals surface area contributed by atoms with E-state index in [9.17, 15) is 5.11 Å². The molecule has 0 spiro atoms. The lowest BCUT2D eigenvalue weighted by molar-refractivity contribution is 0.106. The summed E-state index contributed by atoms with van der Waals surface area (Å²) in [4.78, 5) is 11.0. The van der Waals surface area contributed by atoms with Crippen molar-refractivity contribution in [3.05, 3.63) is 11.9 Å². The number of anilines is 2. The van der Waals surface area contributed by atoms with Gasteiger partial charge in [0.15, 0.2) is 0 Å². The molecule has 21 heavy (non-hydrogen) atoms. The molecule has 0 aliphatic heterocycles.